The van der Waals surface area contributed by atoms with Gasteiger partial charge in [0.15, 0.2) is 0 Å². The van der Waals surface area contributed by atoms with Crippen LogP contribution in [-0.4, -0.2) is 35.1 Å². The summed E-state index contributed by atoms with van der Waals surface area (Å²) in [5.41, 5.74) is 0.522. The molecule has 2 amide bonds. The standard InChI is InChI=1S/C13H14BrClN2O3/c14-10-4-3-9(15)5-11(10)16-13(20)17(7-12(18)19)6-8-1-2-8/h3-5,8H,1-2,6-7H2,(H,16,20)(H,18,19). The van der Waals surface area contributed by atoms with Gasteiger partial charge < -0.3 is 15.3 Å². The molecule has 1 aromatic rings. The van der Waals surface area contributed by atoms with Gasteiger partial charge in [-0.25, -0.2) is 4.79 Å². The molecule has 1 fully saturated rings. The van der Waals surface area contributed by atoms with Gasteiger partial charge in [-0.15, -0.1) is 0 Å². The first kappa shape index (κ1) is 15.1. The molecule has 1 aliphatic rings. The zero-order valence-electron chi connectivity index (χ0n) is 10.6. The number of hydrogen-bond acceptors (Lipinski definition) is 2. The van der Waals surface area contributed by atoms with Crippen molar-refractivity contribution < 1.29 is 14.7 Å². The van der Waals surface area contributed by atoms with Crippen molar-refractivity contribution in [1.82, 2.24) is 4.90 Å². The SMILES string of the molecule is O=C(O)CN(CC1CC1)C(=O)Nc1cc(Cl)ccc1Br. The molecule has 0 radical (unpaired) electrons. The lowest BCUT2D eigenvalue weighted by Gasteiger charge is -2.21. The van der Waals surface area contributed by atoms with Gasteiger partial charge in [0.2, 0.25) is 0 Å². The Hall–Kier alpha value is -1.27. The topological polar surface area (TPSA) is 69.6 Å². The van der Waals surface area contributed by atoms with E-state index in [1.165, 1.54) is 4.90 Å². The molecule has 0 heterocycles. The van der Waals surface area contributed by atoms with E-state index in [-0.39, 0.29) is 6.54 Å². The van der Waals surface area contributed by atoms with Crippen LogP contribution in [0.1, 0.15) is 12.8 Å². The summed E-state index contributed by atoms with van der Waals surface area (Å²) in [6.07, 6.45) is 2.09. The first-order chi connectivity index (χ1) is 9.45. The quantitative estimate of drug-likeness (QED) is 0.844. The van der Waals surface area contributed by atoms with Crippen LogP contribution in [0.3, 0.4) is 0 Å². The maximum atomic E-state index is 12.2. The van der Waals surface area contributed by atoms with E-state index in [9.17, 15) is 9.59 Å². The third-order valence-electron chi connectivity index (χ3n) is 2.96. The van der Waals surface area contributed by atoms with Gasteiger partial charge in [0, 0.05) is 16.0 Å². The van der Waals surface area contributed by atoms with E-state index in [1.54, 1.807) is 18.2 Å². The minimum Gasteiger partial charge on any atom is -0.480 e. The number of aliphatic carboxylic acids is 1. The molecular weight excluding hydrogens is 348 g/mol. The molecule has 1 aliphatic carbocycles. The Balaban J connectivity index is 2.06. The number of nitrogens with one attached hydrogen (secondary N) is 1. The fourth-order valence-electron chi connectivity index (χ4n) is 1.78. The van der Waals surface area contributed by atoms with Crippen molar-refractivity contribution in [2.75, 3.05) is 18.4 Å². The summed E-state index contributed by atoms with van der Waals surface area (Å²) in [5.74, 6) is -0.603. The van der Waals surface area contributed by atoms with Crippen LogP contribution in [0.2, 0.25) is 5.02 Å². The summed E-state index contributed by atoms with van der Waals surface area (Å²) in [7, 11) is 0. The van der Waals surface area contributed by atoms with E-state index in [2.05, 4.69) is 21.2 Å². The zero-order valence-corrected chi connectivity index (χ0v) is 12.9. The number of urea groups is 1. The number of carbonyl (C=O) groups excluding carboxylic acids is 1. The molecule has 5 nitrogen and oxygen atoms in total. The smallest absolute Gasteiger partial charge is 0.323 e. The number of nitrogens with zero attached hydrogens (tertiary/aromatic N) is 1. The molecule has 108 valence electrons. The van der Waals surface area contributed by atoms with Gasteiger partial charge >= 0.3 is 12.0 Å². The van der Waals surface area contributed by atoms with E-state index >= 15 is 0 Å². The molecule has 7 heteroatoms. The van der Waals surface area contributed by atoms with Crippen LogP contribution in [-0.2, 0) is 4.79 Å². The van der Waals surface area contributed by atoms with Gasteiger partial charge in [0.05, 0.1) is 5.69 Å². The molecule has 20 heavy (non-hydrogen) atoms. The predicted octanol–water partition coefficient (Wildman–Crippen LogP) is 3.43. The molecule has 0 spiro atoms. The predicted molar refractivity (Wildman–Crippen MR) is 80.1 cm³/mol. The van der Waals surface area contributed by atoms with E-state index in [0.29, 0.717) is 27.6 Å². The molecule has 1 aromatic carbocycles. The Labute approximate surface area is 130 Å². The first-order valence-corrected chi connectivity index (χ1v) is 7.35. The lowest BCUT2D eigenvalue weighted by atomic mass is 10.3. The Morgan fingerprint density at radius 2 is 2.15 bits per heavy atom. The minimum absolute atomic E-state index is 0.305. The number of benzene rings is 1. The molecule has 0 saturated heterocycles. The van der Waals surface area contributed by atoms with E-state index < -0.39 is 12.0 Å². The average molecular weight is 362 g/mol. The third kappa shape index (κ3) is 4.38. The van der Waals surface area contributed by atoms with Crippen LogP contribution < -0.4 is 5.32 Å². The monoisotopic (exact) mass is 360 g/mol. The van der Waals surface area contributed by atoms with Crippen molar-refractivity contribution in [2.45, 2.75) is 12.8 Å². The molecule has 0 aliphatic heterocycles. The molecule has 1 saturated carbocycles. The third-order valence-corrected chi connectivity index (χ3v) is 3.89. The van der Waals surface area contributed by atoms with Crippen molar-refractivity contribution in [2.24, 2.45) is 5.92 Å². The van der Waals surface area contributed by atoms with Gasteiger partial charge in [-0.2, -0.15) is 0 Å². The van der Waals surface area contributed by atoms with Crippen LogP contribution >= 0.6 is 27.5 Å². The van der Waals surface area contributed by atoms with Crippen LogP contribution in [0.15, 0.2) is 22.7 Å². The highest BCUT2D eigenvalue weighted by Crippen LogP contribution is 2.30. The normalized spacial score (nSPS) is 13.9. The Kier molecular flexibility index (Phi) is 4.88. The maximum absolute atomic E-state index is 12.2. The number of anilines is 1. The Bertz CT molecular complexity index is 534. The van der Waals surface area contributed by atoms with Crippen molar-refractivity contribution in [1.29, 1.82) is 0 Å². The first-order valence-electron chi connectivity index (χ1n) is 6.18. The number of rotatable bonds is 5. The van der Waals surface area contributed by atoms with Crippen molar-refractivity contribution >= 4 is 45.2 Å². The molecule has 0 aromatic heterocycles. The average Bonchev–Trinajstić information content (AvgIpc) is 3.16. The summed E-state index contributed by atoms with van der Waals surface area (Å²) in [4.78, 5) is 24.3. The van der Waals surface area contributed by atoms with Gasteiger partial charge in [0.25, 0.3) is 0 Å². The van der Waals surface area contributed by atoms with E-state index in [0.717, 1.165) is 12.8 Å². The van der Waals surface area contributed by atoms with Crippen LogP contribution in [0.5, 0.6) is 0 Å². The van der Waals surface area contributed by atoms with Gasteiger partial charge in [-0.1, -0.05) is 11.6 Å². The minimum atomic E-state index is -1.02. The fourth-order valence-corrected chi connectivity index (χ4v) is 2.30. The molecule has 0 atom stereocenters. The summed E-state index contributed by atoms with van der Waals surface area (Å²) < 4.78 is 0.692. The highest BCUT2D eigenvalue weighted by Gasteiger charge is 2.28. The van der Waals surface area contributed by atoms with Crippen molar-refractivity contribution in [3.63, 3.8) is 0 Å². The number of carboxylic acids is 1. The van der Waals surface area contributed by atoms with E-state index in [4.69, 9.17) is 16.7 Å². The Morgan fingerprint density at radius 1 is 1.45 bits per heavy atom. The van der Waals surface area contributed by atoms with Crippen molar-refractivity contribution in [3.8, 4) is 0 Å². The second-order valence-electron chi connectivity index (χ2n) is 4.77. The van der Waals surface area contributed by atoms with E-state index in [1.807, 2.05) is 0 Å². The summed E-state index contributed by atoms with van der Waals surface area (Å²) in [5, 5.41) is 12.1. The molecule has 0 unspecified atom stereocenters. The number of carboxylic acid groups (broad SMARTS) is 1. The lowest BCUT2D eigenvalue weighted by Crippen LogP contribution is -2.40. The molecule has 0 bridgehead atoms. The van der Waals surface area contributed by atoms with Crippen LogP contribution in [0.4, 0.5) is 10.5 Å². The van der Waals surface area contributed by atoms with Crippen LogP contribution in [0.25, 0.3) is 0 Å². The van der Waals surface area contributed by atoms with Crippen molar-refractivity contribution in [3.05, 3.63) is 27.7 Å². The van der Waals surface area contributed by atoms with Gasteiger partial charge in [-0.05, 0) is 52.9 Å². The van der Waals surface area contributed by atoms with Crippen LogP contribution in [0, 0.1) is 5.92 Å². The zero-order chi connectivity index (χ0) is 14.7. The second-order valence-corrected chi connectivity index (χ2v) is 6.06. The number of carbonyl (C=O) groups is 2. The maximum Gasteiger partial charge on any atom is 0.323 e. The Morgan fingerprint density at radius 3 is 2.75 bits per heavy atom. The number of hydrogen-bond donors (Lipinski definition) is 2. The molecular formula is C13H14BrClN2O3. The van der Waals surface area contributed by atoms with Gasteiger partial charge in [-0.3, -0.25) is 4.79 Å². The lowest BCUT2D eigenvalue weighted by molar-refractivity contribution is -0.137. The fraction of sp³-hybridized carbons (Fsp3) is 0.385. The number of amides is 2. The summed E-state index contributed by atoms with van der Waals surface area (Å²) in [6, 6.07) is 4.60. The highest BCUT2D eigenvalue weighted by molar-refractivity contribution is 9.10. The molecule has 2 N–H and O–H groups in total. The largest absolute Gasteiger partial charge is 0.480 e. The second kappa shape index (κ2) is 6.45. The highest BCUT2D eigenvalue weighted by atomic mass is 79.9. The van der Waals surface area contributed by atoms with Gasteiger partial charge in [0.1, 0.15) is 6.54 Å². The summed E-state index contributed by atoms with van der Waals surface area (Å²) >= 11 is 9.19. The molecule has 2 rings (SSSR count). The number of halogens is 2. The summed E-state index contributed by atoms with van der Waals surface area (Å²) in [6.45, 7) is 0.164.